The van der Waals surface area contributed by atoms with Gasteiger partial charge in [0.25, 0.3) is 0 Å². The predicted molar refractivity (Wildman–Crippen MR) is 127 cm³/mol. The van der Waals surface area contributed by atoms with Crippen LogP contribution in [0.5, 0.6) is 0 Å². The standard InChI is InChI=1S/C26H30N2O7/c1-2-34-17(13-23(29)28-26(24(30)31)11-12-33-16-26)14-27-25(32)35-15-22-20-9-5-3-7-18(20)19-8-4-6-10-21(19)22/h3-10,17,22H,2,11-16H2,1H3,(H,27,32)(H,28,29)(H,30,31). The summed E-state index contributed by atoms with van der Waals surface area (Å²) in [5, 5.41) is 14.7. The molecule has 35 heavy (non-hydrogen) atoms. The van der Waals surface area contributed by atoms with E-state index in [4.69, 9.17) is 14.2 Å². The molecule has 2 aromatic rings. The maximum Gasteiger partial charge on any atom is 0.407 e. The van der Waals surface area contributed by atoms with Gasteiger partial charge in [-0.25, -0.2) is 9.59 Å². The Labute approximate surface area is 203 Å². The summed E-state index contributed by atoms with van der Waals surface area (Å²) < 4.78 is 16.3. The highest BCUT2D eigenvalue weighted by molar-refractivity contribution is 5.87. The molecule has 1 heterocycles. The average Bonchev–Trinajstić information content (AvgIpc) is 3.45. The van der Waals surface area contributed by atoms with Crippen LogP contribution in [-0.2, 0) is 23.8 Å². The van der Waals surface area contributed by atoms with Crippen molar-refractivity contribution in [1.29, 1.82) is 0 Å². The number of benzene rings is 2. The molecule has 2 unspecified atom stereocenters. The summed E-state index contributed by atoms with van der Waals surface area (Å²) in [5.74, 6) is -1.67. The fraction of sp³-hybridized carbons (Fsp3) is 0.423. The summed E-state index contributed by atoms with van der Waals surface area (Å²) in [6, 6.07) is 16.2. The van der Waals surface area contributed by atoms with E-state index in [2.05, 4.69) is 22.8 Å². The molecule has 0 bridgehead atoms. The van der Waals surface area contributed by atoms with Gasteiger partial charge in [-0.1, -0.05) is 48.5 Å². The zero-order valence-electron chi connectivity index (χ0n) is 19.6. The smallest absolute Gasteiger partial charge is 0.407 e. The first-order valence-corrected chi connectivity index (χ1v) is 11.8. The lowest BCUT2D eigenvalue weighted by Gasteiger charge is -2.25. The molecule has 186 valence electrons. The second kappa shape index (κ2) is 10.9. The summed E-state index contributed by atoms with van der Waals surface area (Å²) in [5.41, 5.74) is 3.11. The van der Waals surface area contributed by atoms with Gasteiger partial charge in [-0.3, -0.25) is 4.79 Å². The number of carboxylic acid groups (broad SMARTS) is 1. The van der Waals surface area contributed by atoms with E-state index in [1.165, 1.54) is 0 Å². The van der Waals surface area contributed by atoms with Crippen LogP contribution in [0.15, 0.2) is 48.5 Å². The first-order valence-electron chi connectivity index (χ1n) is 11.8. The van der Waals surface area contributed by atoms with Crippen molar-refractivity contribution < 1.29 is 33.7 Å². The summed E-state index contributed by atoms with van der Waals surface area (Å²) >= 11 is 0. The maximum absolute atomic E-state index is 12.5. The number of carboxylic acids is 1. The van der Waals surface area contributed by atoms with Gasteiger partial charge in [0, 0.05) is 32.1 Å². The third kappa shape index (κ3) is 5.47. The highest BCUT2D eigenvalue weighted by atomic mass is 16.5. The lowest BCUT2D eigenvalue weighted by molar-refractivity contribution is -0.148. The number of nitrogens with one attached hydrogen (secondary N) is 2. The quantitative estimate of drug-likeness (QED) is 0.476. The number of amides is 2. The van der Waals surface area contributed by atoms with Crippen LogP contribution in [0.1, 0.15) is 36.8 Å². The SMILES string of the molecule is CCOC(CNC(=O)OCC1c2ccccc2-c2ccccc21)CC(=O)NC1(C(=O)O)CCOC1. The fourth-order valence-corrected chi connectivity index (χ4v) is 4.68. The molecule has 1 fully saturated rings. The normalized spacial score (nSPS) is 19.5. The van der Waals surface area contributed by atoms with E-state index >= 15 is 0 Å². The number of ether oxygens (including phenoxy) is 3. The van der Waals surface area contributed by atoms with Crippen LogP contribution in [0.25, 0.3) is 11.1 Å². The zero-order chi connectivity index (χ0) is 24.8. The summed E-state index contributed by atoms with van der Waals surface area (Å²) in [6.45, 7) is 2.53. The Bertz CT molecular complexity index is 1040. The first kappa shape index (κ1) is 24.7. The number of hydrogen-bond acceptors (Lipinski definition) is 6. The highest BCUT2D eigenvalue weighted by Crippen LogP contribution is 2.44. The Hall–Kier alpha value is -3.43. The molecule has 3 N–H and O–H groups in total. The Morgan fingerprint density at radius 3 is 2.34 bits per heavy atom. The van der Waals surface area contributed by atoms with Gasteiger partial charge in [0.2, 0.25) is 5.91 Å². The molecule has 0 saturated carbocycles. The van der Waals surface area contributed by atoms with E-state index in [1.54, 1.807) is 6.92 Å². The third-order valence-corrected chi connectivity index (χ3v) is 6.44. The number of hydrogen-bond donors (Lipinski definition) is 3. The molecule has 0 aromatic heterocycles. The maximum atomic E-state index is 12.5. The van der Waals surface area contributed by atoms with Gasteiger partial charge in [0.1, 0.15) is 6.61 Å². The second-order valence-corrected chi connectivity index (χ2v) is 8.73. The van der Waals surface area contributed by atoms with Crippen molar-refractivity contribution in [2.45, 2.75) is 37.3 Å². The Morgan fingerprint density at radius 2 is 1.77 bits per heavy atom. The van der Waals surface area contributed by atoms with Crippen molar-refractivity contribution in [2.24, 2.45) is 0 Å². The second-order valence-electron chi connectivity index (χ2n) is 8.73. The van der Waals surface area contributed by atoms with Crippen molar-refractivity contribution in [3.05, 3.63) is 59.7 Å². The van der Waals surface area contributed by atoms with Crippen LogP contribution in [0.3, 0.4) is 0 Å². The van der Waals surface area contributed by atoms with Gasteiger partial charge in [-0.2, -0.15) is 0 Å². The van der Waals surface area contributed by atoms with E-state index in [9.17, 15) is 19.5 Å². The zero-order valence-corrected chi connectivity index (χ0v) is 19.6. The molecule has 1 aliphatic carbocycles. The van der Waals surface area contributed by atoms with E-state index in [0.29, 0.717) is 6.61 Å². The summed E-state index contributed by atoms with van der Waals surface area (Å²) in [7, 11) is 0. The molecule has 1 aliphatic heterocycles. The van der Waals surface area contributed by atoms with Crippen molar-refractivity contribution in [2.75, 3.05) is 33.0 Å². The molecule has 1 saturated heterocycles. The van der Waals surface area contributed by atoms with Gasteiger partial charge < -0.3 is 30.0 Å². The van der Waals surface area contributed by atoms with Crippen molar-refractivity contribution in [3.63, 3.8) is 0 Å². The predicted octanol–water partition coefficient (Wildman–Crippen LogP) is 2.68. The molecule has 2 aliphatic rings. The van der Waals surface area contributed by atoms with Crippen LogP contribution >= 0.6 is 0 Å². The molecule has 2 atom stereocenters. The van der Waals surface area contributed by atoms with Crippen LogP contribution in [-0.4, -0.2) is 67.7 Å². The molecular formula is C26H30N2O7. The Balaban J connectivity index is 1.30. The van der Waals surface area contributed by atoms with Crippen molar-refractivity contribution in [3.8, 4) is 11.1 Å². The molecule has 2 amide bonds. The van der Waals surface area contributed by atoms with E-state index in [0.717, 1.165) is 22.3 Å². The van der Waals surface area contributed by atoms with Crippen molar-refractivity contribution >= 4 is 18.0 Å². The highest BCUT2D eigenvalue weighted by Gasteiger charge is 2.44. The minimum absolute atomic E-state index is 0.0501. The largest absolute Gasteiger partial charge is 0.479 e. The number of rotatable bonds is 10. The fourth-order valence-electron chi connectivity index (χ4n) is 4.68. The van der Waals surface area contributed by atoms with Gasteiger partial charge >= 0.3 is 12.1 Å². The van der Waals surface area contributed by atoms with Crippen LogP contribution in [0.4, 0.5) is 4.79 Å². The van der Waals surface area contributed by atoms with Crippen molar-refractivity contribution in [1.82, 2.24) is 10.6 Å². The monoisotopic (exact) mass is 482 g/mol. The first-order chi connectivity index (χ1) is 16.9. The Kier molecular flexibility index (Phi) is 7.67. The number of fused-ring (bicyclic) bond motifs is 3. The van der Waals surface area contributed by atoms with Gasteiger partial charge in [0.15, 0.2) is 5.54 Å². The molecule has 0 spiro atoms. The van der Waals surface area contributed by atoms with Gasteiger partial charge in [-0.15, -0.1) is 0 Å². The number of alkyl carbamates (subject to hydrolysis) is 1. The number of carbonyl (C=O) groups excluding carboxylic acids is 2. The Morgan fingerprint density at radius 1 is 1.11 bits per heavy atom. The van der Waals surface area contributed by atoms with Crippen LogP contribution in [0.2, 0.25) is 0 Å². The molecule has 4 rings (SSSR count). The molecular weight excluding hydrogens is 452 g/mol. The number of aliphatic carboxylic acids is 1. The van der Waals surface area contributed by atoms with Gasteiger partial charge in [-0.05, 0) is 29.2 Å². The minimum atomic E-state index is -1.42. The third-order valence-electron chi connectivity index (χ3n) is 6.44. The molecule has 9 heteroatoms. The molecule has 0 radical (unpaired) electrons. The lowest BCUT2D eigenvalue weighted by atomic mass is 9.98. The summed E-state index contributed by atoms with van der Waals surface area (Å²) in [6.07, 6.45) is -1.14. The average molecular weight is 483 g/mol. The van der Waals surface area contributed by atoms with Crippen LogP contribution < -0.4 is 10.6 Å². The van der Waals surface area contributed by atoms with Gasteiger partial charge in [0.05, 0.1) is 19.1 Å². The van der Waals surface area contributed by atoms with Crippen LogP contribution in [0, 0.1) is 0 Å². The number of carbonyl (C=O) groups is 3. The minimum Gasteiger partial charge on any atom is -0.479 e. The lowest BCUT2D eigenvalue weighted by Crippen LogP contribution is -2.56. The van der Waals surface area contributed by atoms with E-state index in [-0.39, 0.29) is 45.1 Å². The topological polar surface area (TPSA) is 123 Å². The molecule has 9 nitrogen and oxygen atoms in total. The molecule has 2 aromatic carbocycles. The summed E-state index contributed by atoms with van der Waals surface area (Å²) in [4.78, 5) is 36.6. The van der Waals surface area contributed by atoms with E-state index < -0.39 is 29.6 Å². The van der Waals surface area contributed by atoms with E-state index in [1.807, 2.05) is 36.4 Å².